The van der Waals surface area contributed by atoms with Gasteiger partial charge in [0, 0.05) is 6.42 Å². The molecule has 2 rings (SSSR count). The Bertz CT molecular complexity index is 617. The van der Waals surface area contributed by atoms with Crippen LogP contribution < -0.4 is 34.5 Å². The summed E-state index contributed by atoms with van der Waals surface area (Å²) < 4.78 is 20.1. The maximum Gasteiger partial charge on any atom is 1.00 e. The molecule has 1 aromatic carbocycles. The summed E-state index contributed by atoms with van der Waals surface area (Å²) in [6.45, 7) is -0.605. The SMILES string of the molecule is N#Cc1ccccc1C[C@@H]1O[C@H](COP(=O)([O-])O)[C@@H](O)[C@H]1O.[Na+]. The summed E-state index contributed by atoms with van der Waals surface area (Å²) in [5.74, 6) is 0. The van der Waals surface area contributed by atoms with Crippen molar-refractivity contribution < 1.29 is 63.4 Å². The molecule has 1 heterocycles. The molecule has 0 aromatic heterocycles. The number of benzene rings is 1. The van der Waals surface area contributed by atoms with E-state index in [-0.39, 0.29) is 36.0 Å². The van der Waals surface area contributed by atoms with Gasteiger partial charge in [-0.15, -0.1) is 0 Å². The second-order valence-electron chi connectivity index (χ2n) is 4.93. The first-order valence-electron chi connectivity index (χ1n) is 6.50. The van der Waals surface area contributed by atoms with Gasteiger partial charge >= 0.3 is 29.6 Å². The monoisotopic (exact) mass is 351 g/mol. The standard InChI is InChI=1S/C13H16NO7P.Na/c14-6-9-4-2-1-3-8(9)5-10-12(15)13(16)11(21-10)7-20-22(17,18)19;/h1-4,10-13,15-16H,5,7H2,(H2,17,18,19);/q;+1/p-1/t10-,11+,12-,13+;/m0./s1. The summed E-state index contributed by atoms with van der Waals surface area (Å²) in [6.07, 6.45) is -4.35. The Hall–Kier alpha value is -0.300. The van der Waals surface area contributed by atoms with Gasteiger partial charge in [0.1, 0.15) is 18.3 Å². The van der Waals surface area contributed by atoms with Gasteiger partial charge in [0.05, 0.1) is 24.3 Å². The molecular formula is C13H15NNaO7P. The average Bonchev–Trinajstić information content (AvgIpc) is 2.73. The Morgan fingerprint density at radius 1 is 1.30 bits per heavy atom. The zero-order chi connectivity index (χ0) is 16.3. The van der Waals surface area contributed by atoms with Gasteiger partial charge in [0.15, 0.2) is 0 Å². The number of aliphatic hydroxyl groups excluding tert-OH is 2. The zero-order valence-corrected chi connectivity index (χ0v) is 15.3. The van der Waals surface area contributed by atoms with Crippen LogP contribution in [0.15, 0.2) is 24.3 Å². The predicted octanol–water partition coefficient (Wildman–Crippen LogP) is -3.93. The summed E-state index contributed by atoms with van der Waals surface area (Å²) in [5.41, 5.74) is 1.06. The Morgan fingerprint density at radius 2 is 1.91 bits per heavy atom. The Kier molecular flexibility index (Phi) is 7.84. The third kappa shape index (κ3) is 5.62. The van der Waals surface area contributed by atoms with Gasteiger partial charge < -0.3 is 29.3 Å². The van der Waals surface area contributed by atoms with Crippen LogP contribution in [0.3, 0.4) is 0 Å². The quantitative estimate of drug-likeness (QED) is 0.361. The van der Waals surface area contributed by atoms with Crippen LogP contribution in [-0.2, 0) is 20.2 Å². The van der Waals surface area contributed by atoms with Crippen molar-refractivity contribution in [3.63, 3.8) is 0 Å². The van der Waals surface area contributed by atoms with Gasteiger partial charge in [-0.1, -0.05) is 18.2 Å². The first kappa shape index (κ1) is 20.7. The van der Waals surface area contributed by atoms with Crippen LogP contribution in [0.2, 0.25) is 0 Å². The molecule has 8 nitrogen and oxygen atoms in total. The van der Waals surface area contributed by atoms with E-state index in [1.165, 1.54) is 0 Å². The summed E-state index contributed by atoms with van der Waals surface area (Å²) in [6, 6.07) is 8.76. The van der Waals surface area contributed by atoms with Crippen LogP contribution in [0.5, 0.6) is 0 Å². The summed E-state index contributed by atoms with van der Waals surface area (Å²) in [7, 11) is -4.93. The average molecular weight is 351 g/mol. The van der Waals surface area contributed by atoms with Crippen molar-refractivity contribution >= 4 is 7.82 Å². The number of nitriles is 1. The molecule has 5 atom stereocenters. The van der Waals surface area contributed by atoms with Gasteiger partial charge in [0.2, 0.25) is 0 Å². The number of nitrogens with zero attached hydrogens (tertiary/aromatic N) is 1. The molecule has 0 aliphatic carbocycles. The second kappa shape index (κ2) is 8.70. The van der Waals surface area contributed by atoms with E-state index in [0.717, 1.165) is 0 Å². The fourth-order valence-electron chi connectivity index (χ4n) is 2.32. The van der Waals surface area contributed by atoms with Crippen LogP contribution in [0.1, 0.15) is 11.1 Å². The third-order valence-electron chi connectivity index (χ3n) is 3.42. The molecule has 1 aliphatic rings. The molecule has 3 N–H and O–H groups in total. The molecule has 0 radical (unpaired) electrons. The van der Waals surface area contributed by atoms with Crippen molar-refractivity contribution in [3.05, 3.63) is 35.4 Å². The minimum atomic E-state index is -4.93. The molecule has 1 saturated heterocycles. The Morgan fingerprint density at radius 3 is 2.52 bits per heavy atom. The molecule has 1 aliphatic heterocycles. The van der Waals surface area contributed by atoms with Crippen LogP contribution >= 0.6 is 7.82 Å². The molecule has 23 heavy (non-hydrogen) atoms. The topological polar surface area (TPSA) is 143 Å². The van der Waals surface area contributed by atoms with Crippen molar-refractivity contribution in [3.8, 4) is 6.07 Å². The van der Waals surface area contributed by atoms with E-state index >= 15 is 0 Å². The smallest absolute Gasteiger partial charge is 0.756 e. The molecule has 120 valence electrons. The molecule has 0 amide bonds. The van der Waals surface area contributed by atoms with Gasteiger partial charge in [-0.3, -0.25) is 4.57 Å². The number of hydrogen-bond acceptors (Lipinski definition) is 7. The molecule has 0 saturated carbocycles. The first-order valence-corrected chi connectivity index (χ1v) is 7.99. The third-order valence-corrected chi connectivity index (χ3v) is 3.90. The van der Waals surface area contributed by atoms with Crippen LogP contribution in [0, 0.1) is 11.3 Å². The van der Waals surface area contributed by atoms with Gasteiger partial charge in [-0.2, -0.15) is 5.26 Å². The molecule has 1 fully saturated rings. The van der Waals surface area contributed by atoms with E-state index in [9.17, 15) is 19.7 Å². The number of phosphoric acid groups is 1. The number of hydrogen-bond donors (Lipinski definition) is 3. The van der Waals surface area contributed by atoms with Gasteiger partial charge in [-0.05, 0) is 11.6 Å². The molecule has 1 unspecified atom stereocenters. The second-order valence-corrected chi connectivity index (χ2v) is 6.13. The molecule has 1 aromatic rings. The van der Waals surface area contributed by atoms with E-state index in [4.69, 9.17) is 14.9 Å². The summed E-state index contributed by atoms with van der Waals surface area (Å²) in [5, 5.41) is 28.8. The summed E-state index contributed by atoms with van der Waals surface area (Å²) >= 11 is 0. The number of phosphoric ester groups is 1. The van der Waals surface area contributed by atoms with E-state index in [0.29, 0.717) is 11.1 Å². The van der Waals surface area contributed by atoms with E-state index in [1.54, 1.807) is 24.3 Å². The Balaban J connectivity index is 0.00000264. The van der Waals surface area contributed by atoms with Crippen molar-refractivity contribution in [2.45, 2.75) is 30.8 Å². The summed E-state index contributed by atoms with van der Waals surface area (Å²) in [4.78, 5) is 19.1. The molecule has 10 heteroatoms. The molecule has 0 bridgehead atoms. The number of rotatable bonds is 5. The predicted molar refractivity (Wildman–Crippen MR) is 71.3 cm³/mol. The number of aliphatic hydroxyl groups is 2. The van der Waals surface area contributed by atoms with E-state index < -0.39 is 38.8 Å². The van der Waals surface area contributed by atoms with Crippen LogP contribution in [-0.4, -0.2) is 46.1 Å². The van der Waals surface area contributed by atoms with Crippen molar-refractivity contribution in [1.29, 1.82) is 5.26 Å². The molecular weight excluding hydrogens is 336 g/mol. The van der Waals surface area contributed by atoms with Crippen LogP contribution in [0.4, 0.5) is 0 Å². The largest absolute Gasteiger partial charge is 1.00 e. The van der Waals surface area contributed by atoms with E-state index in [1.807, 2.05) is 6.07 Å². The maximum atomic E-state index is 10.6. The minimum Gasteiger partial charge on any atom is -0.756 e. The van der Waals surface area contributed by atoms with Crippen molar-refractivity contribution in [2.24, 2.45) is 0 Å². The fraction of sp³-hybridized carbons (Fsp3) is 0.462. The first-order chi connectivity index (χ1) is 10.3. The van der Waals surface area contributed by atoms with Crippen LogP contribution in [0.25, 0.3) is 0 Å². The zero-order valence-electron chi connectivity index (χ0n) is 12.4. The number of ether oxygens (including phenoxy) is 1. The fourth-order valence-corrected chi connectivity index (χ4v) is 2.66. The van der Waals surface area contributed by atoms with Crippen molar-refractivity contribution in [2.75, 3.05) is 6.61 Å². The maximum absolute atomic E-state index is 10.6. The minimum absolute atomic E-state index is 0. The normalized spacial score (nSPS) is 29.3. The molecule has 0 spiro atoms. The van der Waals surface area contributed by atoms with Crippen molar-refractivity contribution in [1.82, 2.24) is 0 Å². The van der Waals surface area contributed by atoms with Gasteiger partial charge in [-0.25, -0.2) is 0 Å². The van der Waals surface area contributed by atoms with Gasteiger partial charge in [0.25, 0.3) is 7.82 Å². The van der Waals surface area contributed by atoms with E-state index in [2.05, 4.69) is 4.52 Å². The Labute approximate surface area is 155 Å².